The molecule has 5 nitrogen and oxygen atoms in total. The van der Waals surface area contributed by atoms with Gasteiger partial charge in [0.25, 0.3) is 0 Å². The summed E-state index contributed by atoms with van der Waals surface area (Å²) in [5, 5.41) is 12.5. The fourth-order valence-electron chi connectivity index (χ4n) is 3.34. The van der Waals surface area contributed by atoms with Crippen LogP contribution in [-0.4, -0.2) is 34.1 Å². The second-order valence-electron chi connectivity index (χ2n) is 5.44. The molecule has 0 aromatic heterocycles. The van der Waals surface area contributed by atoms with Gasteiger partial charge in [0, 0.05) is 16.6 Å². The normalized spacial score (nSPS) is 27.0. The van der Waals surface area contributed by atoms with Crippen LogP contribution in [0, 0.1) is 5.92 Å². The van der Waals surface area contributed by atoms with Crippen LogP contribution in [0.3, 0.4) is 0 Å². The average molecular weight is 374 g/mol. The van der Waals surface area contributed by atoms with Crippen molar-refractivity contribution in [3.05, 3.63) is 27.7 Å². The zero-order valence-electron chi connectivity index (χ0n) is 11.1. The second kappa shape index (κ2) is 5.50. The largest absolute Gasteiger partial charge is 0.481 e. The number of urea groups is 1. The van der Waals surface area contributed by atoms with E-state index in [0.29, 0.717) is 17.1 Å². The first-order valence-electron chi connectivity index (χ1n) is 6.74. The number of hydrogen-bond acceptors (Lipinski definition) is 2. The molecule has 2 bridgehead atoms. The van der Waals surface area contributed by atoms with E-state index in [2.05, 4.69) is 21.2 Å². The summed E-state index contributed by atoms with van der Waals surface area (Å²) in [6, 6.07) is 4.75. The molecule has 21 heavy (non-hydrogen) atoms. The van der Waals surface area contributed by atoms with E-state index in [4.69, 9.17) is 11.6 Å². The lowest BCUT2D eigenvalue weighted by atomic mass is 9.89. The first-order valence-corrected chi connectivity index (χ1v) is 7.91. The highest BCUT2D eigenvalue weighted by Gasteiger charge is 2.51. The summed E-state index contributed by atoms with van der Waals surface area (Å²) < 4.78 is 0.815. The van der Waals surface area contributed by atoms with Crippen LogP contribution in [-0.2, 0) is 4.79 Å². The lowest BCUT2D eigenvalue weighted by Crippen LogP contribution is -2.40. The van der Waals surface area contributed by atoms with Crippen molar-refractivity contribution in [1.29, 1.82) is 0 Å². The third-order valence-corrected chi connectivity index (χ3v) is 5.08. The van der Waals surface area contributed by atoms with Crippen LogP contribution in [0.4, 0.5) is 10.5 Å². The summed E-state index contributed by atoms with van der Waals surface area (Å²) in [6.45, 7) is 0. The van der Waals surface area contributed by atoms with Crippen molar-refractivity contribution in [2.45, 2.75) is 31.3 Å². The number of nitrogens with zero attached hydrogens (tertiary/aromatic N) is 1. The van der Waals surface area contributed by atoms with E-state index in [0.717, 1.165) is 17.3 Å². The van der Waals surface area contributed by atoms with Gasteiger partial charge in [-0.15, -0.1) is 0 Å². The highest BCUT2D eigenvalue weighted by Crippen LogP contribution is 2.42. The number of anilines is 1. The Morgan fingerprint density at radius 1 is 1.38 bits per heavy atom. The number of carboxylic acids is 1. The molecule has 0 saturated carbocycles. The number of carboxylic acid groups (broad SMARTS) is 1. The molecule has 0 spiro atoms. The number of nitrogens with one attached hydrogen (secondary N) is 1. The van der Waals surface area contributed by atoms with Crippen molar-refractivity contribution in [3.63, 3.8) is 0 Å². The predicted molar refractivity (Wildman–Crippen MR) is 82.6 cm³/mol. The predicted octanol–water partition coefficient (Wildman–Crippen LogP) is 3.57. The summed E-state index contributed by atoms with van der Waals surface area (Å²) in [5.41, 5.74) is 0.522. The molecule has 3 atom stereocenters. The Hall–Kier alpha value is -1.27. The van der Waals surface area contributed by atoms with Gasteiger partial charge in [-0.25, -0.2) is 4.79 Å². The molecule has 112 valence electrons. The van der Waals surface area contributed by atoms with Crippen LogP contribution in [0.5, 0.6) is 0 Å². The number of rotatable bonds is 2. The topological polar surface area (TPSA) is 69.6 Å². The molecule has 2 heterocycles. The Bertz CT molecular complexity index is 610. The maximum atomic E-state index is 12.5. The summed E-state index contributed by atoms with van der Waals surface area (Å²) in [5.74, 6) is -1.27. The molecule has 3 rings (SSSR count). The van der Waals surface area contributed by atoms with Crippen molar-refractivity contribution >= 4 is 45.2 Å². The highest BCUT2D eigenvalue weighted by atomic mass is 79.9. The van der Waals surface area contributed by atoms with Crippen molar-refractivity contribution in [2.75, 3.05) is 5.32 Å². The average Bonchev–Trinajstić information content (AvgIpc) is 3.00. The van der Waals surface area contributed by atoms with Gasteiger partial charge >= 0.3 is 12.0 Å². The molecule has 3 unspecified atom stereocenters. The molecule has 0 aliphatic carbocycles. The summed E-state index contributed by atoms with van der Waals surface area (Å²) in [4.78, 5) is 25.4. The molecule has 2 aliphatic heterocycles. The number of fused-ring (bicyclic) bond motifs is 2. The number of carbonyl (C=O) groups is 2. The standard InChI is InChI=1S/C14H14BrClN2O3/c15-7-1-3-10(16)11(5-7)17-14(21)18-8-2-4-12(18)9(6-8)13(19)20/h1,3,5,8-9,12H,2,4,6H2,(H,17,21)(H,19,20). The van der Waals surface area contributed by atoms with Crippen LogP contribution in [0.1, 0.15) is 19.3 Å². The second-order valence-corrected chi connectivity index (χ2v) is 6.76. The summed E-state index contributed by atoms with van der Waals surface area (Å²) in [6.07, 6.45) is 2.16. The van der Waals surface area contributed by atoms with Crippen molar-refractivity contribution in [2.24, 2.45) is 5.92 Å². The van der Waals surface area contributed by atoms with Crippen molar-refractivity contribution in [3.8, 4) is 0 Å². The Balaban J connectivity index is 1.77. The van der Waals surface area contributed by atoms with E-state index in [1.165, 1.54) is 0 Å². The van der Waals surface area contributed by atoms with Gasteiger partial charge in [-0.05, 0) is 37.5 Å². The van der Waals surface area contributed by atoms with E-state index in [1.807, 2.05) is 0 Å². The Kier molecular flexibility index (Phi) is 3.84. The first kappa shape index (κ1) is 14.7. The van der Waals surface area contributed by atoms with Crippen LogP contribution in [0.15, 0.2) is 22.7 Å². The van der Waals surface area contributed by atoms with Gasteiger partial charge in [0.15, 0.2) is 0 Å². The Morgan fingerprint density at radius 3 is 2.81 bits per heavy atom. The van der Waals surface area contributed by atoms with Gasteiger partial charge < -0.3 is 15.3 Å². The molecule has 2 N–H and O–H groups in total. The molecule has 1 aromatic rings. The molecule has 2 amide bonds. The van der Waals surface area contributed by atoms with E-state index in [-0.39, 0.29) is 18.1 Å². The quantitative estimate of drug-likeness (QED) is 0.832. The number of benzene rings is 1. The van der Waals surface area contributed by atoms with Gasteiger partial charge in [0.1, 0.15) is 0 Å². The third kappa shape index (κ3) is 2.62. The van der Waals surface area contributed by atoms with E-state index in [1.54, 1.807) is 23.1 Å². The lowest BCUT2D eigenvalue weighted by Gasteiger charge is -2.23. The van der Waals surface area contributed by atoms with E-state index >= 15 is 0 Å². The molecule has 0 radical (unpaired) electrons. The maximum absolute atomic E-state index is 12.5. The minimum Gasteiger partial charge on any atom is -0.481 e. The number of aliphatic carboxylic acids is 1. The smallest absolute Gasteiger partial charge is 0.322 e. The van der Waals surface area contributed by atoms with E-state index < -0.39 is 11.9 Å². The molecule has 2 fully saturated rings. The maximum Gasteiger partial charge on any atom is 0.322 e. The van der Waals surface area contributed by atoms with Crippen LogP contribution < -0.4 is 5.32 Å². The zero-order valence-corrected chi connectivity index (χ0v) is 13.4. The first-order chi connectivity index (χ1) is 9.97. The molecular formula is C14H14BrClN2O3. The van der Waals surface area contributed by atoms with Crippen molar-refractivity contribution < 1.29 is 14.7 Å². The van der Waals surface area contributed by atoms with Gasteiger partial charge in [-0.3, -0.25) is 4.79 Å². The Morgan fingerprint density at radius 2 is 2.14 bits per heavy atom. The van der Waals surface area contributed by atoms with Gasteiger partial charge in [0.05, 0.1) is 16.6 Å². The number of carbonyl (C=O) groups excluding carboxylic acids is 1. The fraction of sp³-hybridized carbons (Fsp3) is 0.429. The SMILES string of the molecule is O=C(O)C1CC2CCC1N2C(=O)Nc1cc(Br)ccc1Cl. The molecule has 2 saturated heterocycles. The number of amides is 2. The van der Waals surface area contributed by atoms with Gasteiger partial charge in [-0.2, -0.15) is 0 Å². The summed E-state index contributed by atoms with van der Waals surface area (Å²) >= 11 is 9.40. The fourth-order valence-corrected chi connectivity index (χ4v) is 3.87. The minimum absolute atomic E-state index is 0.0158. The van der Waals surface area contributed by atoms with Crippen LogP contribution in [0.2, 0.25) is 5.02 Å². The zero-order chi connectivity index (χ0) is 15.1. The van der Waals surface area contributed by atoms with Crippen LogP contribution in [0.25, 0.3) is 0 Å². The number of halogens is 2. The van der Waals surface area contributed by atoms with E-state index in [9.17, 15) is 14.7 Å². The molecule has 1 aromatic carbocycles. The van der Waals surface area contributed by atoms with Crippen LogP contribution >= 0.6 is 27.5 Å². The molecular weight excluding hydrogens is 360 g/mol. The van der Waals surface area contributed by atoms with Gasteiger partial charge in [0.2, 0.25) is 0 Å². The highest BCUT2D eigenvalue weighted by molar-refractivity contribution is 9.10. The monoisotopic (exact) mass is 372 g/mol. The lowest BCUT2D eigenvalue weighted by molar-refractivity contribution is -0.142. The minimum atomic E-state index is -0.819. The summed E-state index contributed by atoms with van der Waals surface area (Å²) in [7, 11) is 0. The van der Waals surface area contributed by atoms with Gasteiger partial charge in [-0.1, -0.05) is 27.5 Å². The number of hydrogen-bond donors (Lipinski definition) is 2. The molecule has 7 heteroatoms. The third-order valence-electron chi connectivity index (χ3n) is 4.26. The Labute approximate surface area is 135 Å². The molecule has 2 aliphatic rings. The van der Waals surface area contributed by atoms with Crippen molar-refractivity contribution in [1.82, 2.24) is 4.90 Å².